The summed E-state index contributed by atoms with van der Waals surface area (Å²) in [5.74, 6) is 0.893. The molecule has 2 aromatic carbocycles. The second-order valence-corrected chi connectivity index (χ2v) is 12.2. The van der Waals surface area contributed by atoms with Crippen molar-refractivity contribution in [3.63, 3.8) is 0 Å². The second-order valence-electron chi connectivity index (χ2n) is 12.2. The van der Waals surface area contributed by atoms with E-state index in [1.165, 1.54) is 4.90 Å². The Bertz CT molecular complexity index is 1720. The van der Waals surface area contributed by atoms with E-state index in [1.54, 1.807) is 50.6 Å². The van der Waals surface area contributed by atoms with Gasteiger partial charge in [-0.2, -0.15) is 23.3 Å². The summed E-state index contributed by atoms with van der Waals surface area (Å²) in [7, 11) is 3.10. The summed E-state index contributed by atoms with van der Waals surface area (Å²) in [5, 5.41) is 13.9. The van der Waals surface area contributed by atoms with E-state index < -0.39 is 18.1 Å². The number of nitrogens with zero attached hydrogens (tertiary/aromatic N) is 4. The Morgan fingerprint density at radius 2 is 1.83 bits per heavy atom. The molecule has 1 aliphatic carbocycles. The average molecular weight is 653 g/mol. The third-order valence-electron chi connectivity index (χ3n) is 9.11. The highest BCUT2D eigenvalue weighted by molar-refractivity contribution is 5.91. The number of aromatic nitrogens is 4. The third-order valence-corrected chi connectivity index (χ3v) is 9.11. The number of anilines is 3. The number of ether oxygens (including phenoxy) is 2. The van der Waals surface area contributed by atoms with Crippen LogP contribution < -0.4 is 30.7 Å². The molecule has 1 saturated heterocycles. The lowest BCUT2D eigenvalue weighted by atomic mass is 9.90. The minimum absolute atomic E-state index is 0.0628. The van der Waals surface area contributed by atoms with Crippen molar-refractivity contribution in [1.82, 2.24) is 25.5 Å². The molecular formula is C33H39F3N8O3. The summed E-state index contributed by atoms with van der Waals surface area (Å²) in [6.45, 7) is 0.0995. The number of nitrogens with two attached hydrogens (primary N) is 1. The fourth-order valence-electron chi connectivity index (χ4n) is 6.53. The van der Waals surface area contributed by atoms with Gasteiger partial charge in [-0.15, -0.1) is 0 Å². The van der Waals surface area contributed by atoms with E-state index in [-0.39, 0.29) is 49.6 Å². The molecule has 0 unspecified atom stereocenters. The Balaban J connectivity index is 1.36. The minimum Gasteiger partial charge on any atom is -0.497 e. The number of fused-ring (bicyclic) bond motifs is 1. The molecule has 1 aliphatic heterocycles. The molecule has 6 rings (SSSR count). The summed E-state index contributed by atoms with van der Waals surface area (Å²) < 4.78 is 54.4. The molecule has 0 bridgehead atoms. The van der Waals surface area contributed by atoms with Gasteiger partial charge in [-0.05, 0) is 49.9 Å². The predicted molar refractivity (Wildman–Crippen MR) is 173 cm³/mol. The standard InChI is InChI=1S/C33H39F3N8O3/c1-46-23-11-8-20(27(15-23)47-2)17-38-32-40-25(19-9-12-24-26(14-19)42-43-30(24)37)16-29(41-32)44-18-21(10-13-28(44)33(34,35)36)31(45)39-22-6-4-3-5-7-22/h8-9,11-12,14-16,21-22,28H,3-7,10,13,17-18H2,1-2H3,(H,39,45)(H3,37,42,43)(H,38,40,41)/t21-,28-/m0/s1. The Kier molecular flexibility index (Phi) is 9.28. The fourth-order valence-corrected chi connectivity index (χ4v) is 6.53. The topological polar surface area (TPSA) is 143 Å². The molecule has 14 heteroatoms. The summed E-state index contributed by atoms with van der Waals surface area (Å²) in [6, 6.07) is 10.5. The molecule has 1 saturated carbocycles. The zero-order chi connectivity index (χ0) is 33.1. The van der Waals surface area contributed by atoms with Crippen LogP contribution in [0.5, 0.6) is 11.5 Å². The van der Waals surface area contributed by atoms with Gasteiger partial charge in [0.1, 0.15) is 23.4 Å². The van der Waals surface area contributed by atoms with E-state index in [0.717, 1.165) is 37.7 Å². The SMILES string of the molecule is COc1ccc(CNc2nc(-c3ccc4c(N)n[nH]c4c3)cc(N3C[C@@H](C(=O)NC4CCCCC4)CC[C@H]3C(F)(F)F)n2)c(OC)c1. The van der Waals surface area contributed by atoms with Crippen molar-refractivity contribution in [1.29, 1.82) is 0 Å². The van der Waals surface area contributed by atoms with E-state index in [1.807, 2.05) is 6.07 Å². The van der Waals surface area contributed by atoms with E-state index in [2.05, 4.69) is 25.8 Å². The number of hydrogen-bond acceptors (Lipinski definition) is 9. The van der Waals surface area contributed by atoms with Gasteiger partial charge in [-0.1, -0.05) is 25.3 Å². The third kappa shape index (κ3) is 7.15. The highest BCUT2D eigenvalue weighted by atomic mass is 19.4. The number of carbonyl (C=O) groups is 1. The maximum absolute atomic E-state index is 14.5. The molecule has 11 nitrogen and oxygen atoms in total. The molecule has 2 aliphatic rings. The summed E-state index contributed by atoms with van der Waals surface area (Å²) >= 11 is 0. The molecule has 0 radical (unpaired) electrons. The molecule has 2 aromatic heterocycles. The van der Waals surface area contributed by atoms with Gasteiger partial charge in [0, 0.05) is 47.8 Å². The molecule has 2 fully saturated rings. The monoisotopic (exact) mass is 652 g/mol. The minimum atomic E-state index is -4.54. The zero-order valence-corrected chi connectivity index (χ0v) is 26.4. The van der Waals surface area contributed by atoms with Gasteiger partial charge in [0.25, 0.3) is 0 Å². The highest BCUT2D eigenvalue weighted by Gasteiger charge is 2.48. The number of H-pyrrole nitrogens is 1. The van der Waals surface area contributed by atoms with Gasteiger partial charge in [-0.3, -0.25) is 9.89 Å². The van der Waals surface area contributed by atoms with Crippen LogP contribution in [0.25, 0.3) is 22.2 Å². The van der Waals surface area contributed by atoms with Crippen molar-refractivity contribution in [3.8, 4) is 22.8 Å². The van der Waals surface area contributed by atoms with Crippen molar-refractivity contribution in [2.45, 2.75) is 69.8 Å². The first-order valence-electron chi connectivity index (χ1n) is 15.8. The number of amides is 1. The molecule has 47 heavy (non-hydrogen) atoms. The van der Waals surface area contributed by atoms with E-state index in [9.17, 15) is 18.0 Å². The van der Waals surface area contributed by atoms with Gasteiger partial charge in [0.05, 0.1) is 31.3 Å². The molecule has 2 atom stereocenters. The first kappa shape index (κ1) is 32.2. The Morgan fingerprint density at radius 3 is 2.57 bits per heavy atom. The molecule has 250 valence electrons. The summed E-state index contributed by atoms with van der Waals surface area (Å²) in [5.41, 5.74) is 8.40. The number of hydrogen-bond donors (Lipinski definition) is 4. The quantitative estimate of drug-likeness (QED) is 0.176. The lowest BCUT2D eigenvalue weighted by molar-refractivity contribution is -0.156. The van der Waals surface area contributed by atoms with E-state index in [4.69, 9.17) is 20.2 Å². The number of aromatic amines is 1. The van der Waals surface area contributed by atoms with Crippen LogP contribution in [0, 0.1) is 5.92 Å². The van der Waals surface area contributed by atoms with Crippen LogP contribution in [0.3, 0.4) is 0 Å². The number of carbonyl (C=O) groups excluding carboxylic acids is 1. The summed E-state index contributed by atoms with van der Waals surface area (Å²) in [4.78, 5) is 23.8. The van der Waals surface area contributed by atoms with Crippen LogP contribution in [-0.2, 0) is 11.3 Å². The van der Waals surface area contributed by atoms with E-state index in [0.29, 0.717) is 39.5 Å². The molecular weight excluding hydrogens is 613 g/mol. The highest BCUT2D eigenvalue weighted by Crippen LogP contribution is 2.38. The molecule has 5 N–H and O–H groups in total. The number of alkyl halides is 3. The number of benzene rings is 2. The average Bonchev–Trinajstić information content (AvgIpc) is 3.46. The number of halogens is 3. The second kappa shape index (κ2) is 13.5. The molecule has 4 aromatic rings. The zero-order valence-electron chi connectivity index (χ0n) is 26.4. The van der Waals surface area contributed by atoms with Gasteiger partial charge in [-0.25, -0.2) is 4.98 Å². The number of piperidine rings is 1. The fraction of sp³-hybridized carbons (Fsp3) is 0.455. The molecule has 0 spiro atoms. The van der Waals surface area contributed by atoms with Crippen molar-refractivity contribution in [2.24, 2.45) is 5.92 Å². The largest absolute Gasteiger partial charge is 0.497 e. The number of nitrogen functional groups attached to an aromatic ring is 1. The van der Waals surface area contributed by atoms with Gasteiger partial charge in [0.15, 0.2) is 5.82 Å². The van der Waals surface area contributed by atoms with Gasteiger partial charge < -0.3 is 30.7 Å². The number of nitrogens with one attached hydrogen (secondary N) is 3. The summed E-state index contributed by atoms with van der Waals surface area (Å²) in [6.07, 6.45) is 0.370. The van der Waals surface area contributed by atoms with Crippen LogP contribution >= 0.6 is 0 Å². The normalized spacial score (nSPS) is 19.0. The van der Waals surface area contributed by atoms with E-state index >= 15 is 0 Å². The van der Waals surface area contributed by atoms with Crippen LogP contribution in [-0.4, -0.2) is 65.1 Å². The van der Waals surface area contributed by atoms with Crippen molar-refractivity contribution in [2.75, 3.05) is 36.7 Å². The van der Waals surface area contributed by atoms with Crippen molar-refractivity contribution < 1.29 is 27.4 Å². The predicted octanol–water partition coefficient (Wildman–Crippen LogP) is 5.83. The lowest BCUT2D eigenvalue weighted by Crippen LogP contribution is -2.55. The Morgan fingerprint density at radius 1 is 1.02 bits per heavy atom. The lowest BCUT2D eigenvalue weighted by Gasteiger charge is -2.41. The van der Waals surface area contributed by atoms with Gasteiger partial charge >= 0.3 is 6.18 Å². The molecule has 3 heterocycles. The molecule has 1 amide bonds. The Labute approximate surface area is 270 Å². The van der Waals surface area contributed by atoms with Crippen LogP contribution in [0.15, 0.2) is 42.5 Å². The maximum atomic E-state index is 14.5. The Hall–Kier alpha value is -4.75. The van der Waals surface area contributed by atoms with Crippen LogP contribution in [0.4, 0.5) is 30.8 Å². The van der Waals surface area contributed by atoms with Crippen LogP contribution in [0.2, 0.25) is 0 Å². The van der Waals surface area contributed by atoms with Gasteiger partial charge in [0.2, 0.25) is 11.9 Å². The van der Waals surface area contributed by atoms with Crippen molar-refractivity contribution in [3.05, 3.63) is 48.0 Å². The van der Waals surface area contributed by atoms with Crippen molar-refractivity contribution >= 4 is 34.4 Å². The number of methoxy groups -OCH3 is 2. The maximum Gasteiger partial charge on any atom is 0.408 e. The first-order chi connectivity index (χ1) is 22.6. The number of rotatable bonds is 9. The smallest absolute Gasteiger partial charge is 0.408 e. The van der Waals surface area contributed by atoms with Crippen LogP contribution in [0.1, 0.15) is 50.5 Å². The first-order valence-corrected chi connectivity index (χ1v) is 15.8.